The molecule has 5 N–H and O–H groups in total. The van der Waals surface area contributed by atoms with Crippen LogP contribution >= 0.6 is 11.8 Å². The second kappa shape index (κ2) is 28.4. The van der Waals surface area contributed by atoms with Crippen molar-refractivity contribution in [3.8, 4) is 0 Å². The number of benzene rings is 1. The maximum atomic E-state index is 14.6. The van der Waals surface area contributed by atoms with E-state index in [1.165, 1.54) is 60.0 Å². The molecule has 10 atom stereocenters. The number of halogens is 1. The third-order valence-electron chi connectivity index (χ3n) is 13.9. The lowest BCUT2D eigenvalue weighted by Crippen LogP contribution is -2.60. The highest BCUT2D eigenvalue weighted by molar-refractivity contribution is 8.00. The molecule has 7 amide bonds. The molecular formula is C50H80FN7O11S. The SMILES string of the molecule is CC[C@H](C)[C@@H]([C@@H](CC(=O)N1CCC[C@H]1[C@H](OC)[C@@H](C)C(=O)N[C@@H](Cc1ccc(F)cc1)C(=O)O)OC)N(C)C(=O)[C@@H](NC(=O)[C@H](C(C)C)N(C)C(=O)CCCCCN1C(=O)CC(SCN)C1=O)C(C)C. The van der Waals surface area contributed by atoms with Gasteiger partial charge in [0.05, 0.1) is 41.9 Å². The zero-order chi connectivity index (χ0) is 52.6. The number of nitrogens with zero attached hydrogens (tertiary/aromatic N) is 4. The van der Waals surface area contributed by atoms with Crippen molar-refractivity contribution in [1.82, 2.24) is 30.2 Å². The molecule has 1 unspecified atom stereocenters. The van der Waals surface area contributed by atoms with Gasteiger partial charge in [0.15, 0.2) is 0 Å². The monoisotopic (exact) mass is 1010 g/mol. The van der Waals surface area contributed by atoms with E-state index in [1.54, 1.807) is 30.8 Å². The summed E-state index contributed by atoms with van der Waals surface area (Å²) in [5.74, 6) is -5.59. The molecule has 2 saturated heterocycles. The van der Waals surface area contributed by atoms with Crippen LogP contribution in [0.1, 0.15) is 112 Å². The quantitative estimate of drug-likeness (QED) is 0.0508. The zero-order valence-corrected chi connectivity index (χ0v) is 43.9. The van der Waals surface area contributed by atoms with E-state index in [0.29, 0.717) is 50.6 Å². The molecule has 3 rings (SSSR count). The summed E-state index contributed by atoms with van der Waals surface area (Å²) < 4.78 is 25.4. The number of hydrogen-bond donors (Lipinski definition) is 4. The molecule has 2 fully saturated rings. The first kappa shape index (κ1) is 59.6. The number of aliphatic carboxylic acids is 1. The van der Waals surface area contributed by atoms with Crippen molar-refractivity contribution in [1.29, 1.82) is 0 Å². The van der Waals surface area contributed by atoms with Crippen LogP contribution in [0.5, 0.6) is 0 Å². The van der Waals surface area contributed by atoms with Gasteiger partial charge in [-0.2, -0.15) is 0 Å². The summed E-state index contributed by atoms with van der Waals surface area (Å²) >= 11 is 1.25. The smallest absolute Gasteiger partial charge is 0.326 e. The number of likely N-dealkylation sites (N-methyl/N-ethyl adjacent to an activating group) is 2. The Morgan fingerprint density at radius 2 is 1.57 bits per heavy atom. The molecule has 0 spiro atoms. The Morgan fingerprint density at radius 1 is 0.914 bits per heavy atom. The second-order valence-electron chi connectivity index (χ2n) is 19.5. The van der Waals surface area contributed by atoms with Gasteiger partial charge in [0, 0.05) is 66.5 Å². The number of carbonyl (C=O) groups is 8. The van der Waals surface area contributed by atoms with Crippen molar-refractivity contribution >= 4 is 59.1 Å². The van der Waals surface area contributed by atoms with Crippen molar-refractivity contribution in [3.63, 3.8) is 0 Å². The fourth-order valence-electron chi connectivity index (χ4n) is 9.75. The molecule has 1 aromatic carbocycles. The van der Waals surface area contributed by atoms with Gasteiger partial charge in [-0.05, 0) is 61.1 Å². The first-order chi connectivity index (χ1) is 33.0. The molecule has 20 heteroatoms. The van der Waals surface area contributed by atoms with Gasteiger partial charge in [0.1, 0.15) is 23.9 Å². The van der Waals surface area contributed by atoms with Crippen molar-refractivity contribution in [2.24, 2.45) is 29.4 Å². The number of thioether (sulfide) groups is 1. The Hall–Kier alpha value is -4.66. The third kappa shape index (κ3) is 15.9. The van der Waals surface area contributed by atoms with Crippen LogP contribution in [0, 0.1) is 29.5 Å². The summed E-state index contributed by atoms with van der Waals surface area (Å²) in [6.45, 7) is 13.5. The topological polar surface area (TPSA) is 238 Å². The van der Waals surface area contributed by atoms with Gasteiger partial charge >= 0.3 is 5.97 Å². The van der Waals surface area contributed by atoms with E-state index in [0.717, 1.165) is 0 Å². The van der Waals surface area contributed by atoms with Crippen LogP contribution in [0.4, 0.5) is 4.39 Å². The maximum Gasteiger partial charge on any atom is 0.326 e. The number of methoxy groups -OCH3 is 2. The summed E-state index contributed by atoms with van der Waals surface area (Å²) in [4.78, 5) is 113. The van der Waals surface area contributed by atoms with Crippen LogP contribution < -0.4 is 16.4 Å². The van der Waals surface area contributed by atoms with E-state index >= 15 is 0 Å². The number of unbranched alkanes of at least 4 members (excludes halogenated alkanes) is 2. The van der Waals surface area contributed by atoms with E-state index in [4.69, 9.17) is 15.2 Å². The summed E-state index contributed by atoms with van der Waals surface area (Å²) in [6.07, 6.45) is 1.95. The first-order valence-corrected chi connectivity index (χ1v) is 25.7. The number of imide groups is 1. The first-order valence-electron chi connectivity index (χ1n) is 24.7. The second-order valence-corrected chi connectivity index (χ2v) is 20.7. The van der Waals surface area contributed by atoms with Crippen LogP contribution in [0.2, 0.25) is 0 Å². The fourth-order valence-corrected chi connectivity index (χ4v) is 10.5. The number of rotatable bonds is 29. The van der Waals surface area contributed by atoms with Crippen molar-refractivity contribution < 1.29 is 57.3 Å². The fraction of sp³-hybridized carbons (Fsp3) is 0.720. The molecule has 70 heavy (non-hydrogen) atoms. The third-order valence-corrected chi connectivity index (χ3v) is 14.9. The van der Waals surface area contributed by atoms with Crippen LogP contribution in [0.3, 0.4) is 0 Å². The number of amides is 7. The Bertz CT molecular complexity index is 1940. The molecule has 2 aliphatic heterocycles. The van der Waals surface area contributed by atoms with E-state index < -0.39 is 77.2 Å². The van der Waals surface area contributed by atoms with Gasteiger partial charge < -0.3 is 45.6 Å². The molecule has 0 aliphatic carbocycles. The molecule has 18 nitrogen and oxygen atoms in total. The van der Waals surface area contributed by atoms with Gasteiger partial charge in [-0.25, -0.2) is 9.18 Å². The van der Waals surface area contributed by atoms with Crippen molar-refractivity contribution in [3.05, 3.63) is 35.6 Å². The van der Waals surface area contributed by atoms with E-state index in [2.05, 4.69) is 10.6 Å². The molecule has 2 aliphatic rings. The van der Waals surface area contributed by atoms with Gasteiger partial charge in [-0.3, -0.25) is 38.5 Å². The number of carboxylic acids is 1. The van der Waals surface area contributed by atoms with Gasteiger partial charge in [-0.15, -0.1) is 11.8 Å². The standard InChI is InChI=1S/C50H80FN7O11S/c1-12-31(6)44(37(68-10)26-40(60)57-24-16-17-36(57)45(69-11)32(7)46(62)53-35(50(66)67)25-33-19-21-34(51)22-20-33)56(9)49(65)42(29(2)3)54-47(63)43(30(4)5)55(8)39(59)18-14-13-15-23-58-41(61)27-38(48(58)64)70-28-52/h19-22,29-32,35-38,42-45H,12-18,23-28,52H2,1-11H3,(H,53,62)(H,54,63)(H,66,67)/t31-,32+,35-,36-,37+,38?,42-,43-,44-,45+/m0/s1. The number of carboxylic acid groups (broad SMARTS) is 1. The minimum Gasteiger partial charge on any atom is -0.480 e. The Kier molecular flexibility index (Phi) is 24.2. The average Bonchev–Trinajstić information content (AvgIpc) is 3.90. The minimum absolute atomic E-state index is 0.0661. The lowest BCUT2D eigenvalue weighted by Gasteiger charge is -2.41. The van der Waals surface area contributed by atoms with Crippen molar-refractivity contribution in [2.75, 3.05) is 47.3 Å². The van der Waals surface area contributed by atoms with Crippen LogP contribution in [0.15, 0.2) is 24.3 Å². The molecule has 394 valence electrons. The number of carbonyl (C=O) groups excluding carboxylic acids is 7. The average molecular weight is 1010 g/mol. The van der Waals surface area contributed by atoms with Crippen LogP contribution in [-0.2, 0) is 54.3 Å². The molecule has 0 aromatic heterocycles. The summed E-state index contributed by atoms with van der Waals surface area (Å²) in [7, 11) is 6.14. The number of nitrogens with one attached hydrogen (secondary N) is 2. The lowest BCUT2D eigenvalue weighted by molar-refractivity contribution is -0.149. The Balaban J connectivity index is 1.70. The predicted molar refractivity (Wildman–Crippen MR) is 264 cm³/mol. The number of nitrogens with two attached hydrogens (primary N) is 1. The number of likely N-dealkylation sites (tertiary alicyclic amines) is 2. The summed E-state index contributed by atoms with van der Waals surface area (Å²) in [6, 6.07) is 1.05. The van der Waals surface area contributed by atoms with E-state index in [1.807, 2.05) is 41.5 Å². The van der Waals surface area contributed by atoms with Crippen LogP contribution in [-0.4, -0.2) is 167 Å². The highest BCUT2D eigenvalue weighted by atomic mass is 32.2. The number of hydrogen-bond acceptors (Lipinski definition) is 12. The Morgan fingerprint density at radius 3 is 2.13 bits per heavy atom. The normalized spacial score (nSPS) is 19.6. The van der Waals surface area contributed by atoms with Gasteiger partial charge in [-0.1, -0.05) is 73.4 Å². The highest BCUT2D eigenvalue weighted by Crippen LogP contribution is 2.30. The molecule has 0 saturated carbocycles. The highest BCUT2D eigenvalue weighted by Gasteiger charge is 2.44. The van der Waals surface area contributed by atoms with Gasteiger partial charge in [0.25, 0.3) is 0 Å². The largest absolute Gasteiger partial charge is 0.480 e. The molecule has 2 heterocycles. The minimum atomic E-state index is -1.29. The summed E-state index contributed by atoms with van der Waals surface area (Å²) in [5, 5.41) is 15.0. The number of ether oxygens (including phenoxy) is 2. The molecule has 0 radical (unpaired) electrons. The predicted octanol–water partition coefficient (Wildman–Crippen LogP) is 3.82. The van der Waals surface area contributed by atoms with Crippen LogP contribution in [0.25, 0.3) is 0 Å². The zero-order valence-electron chi connectivity index (χ0n) is 43.1. The van der Waals surface area contributed by atoms with E-state index in [-0.39, 0.29) is 85.4 Å². The van der Waals surface area contributed by atoms with Gasteiger partial charge in [0.2, 0.25) is 41.4 Å². The maximum absolute atomic E-state index is 14.6. The van der Waals surface area contributed by atoms with E-state index in [9.17, 15) is 47.9 Å². The Labute approximate surface area is 418 Å². The van der Waals surface area contributed by atoms with Crippen molar-refractivity contribution in [2.45, 2.75) is 160 Å². The summed E-state index contributed by atoms with van der Waals surface area (Å²) in [5.41, 5.74) is 6.09. The molecular weight excluding hydrogens is 926 g/mol. The lowest BCUT2D eigenvalue weighted by atomic mass is 9.89. The molecule has 0 bridgehead atoms. The molecule has 1 aromatic rings.